The maximum Gasteiger partial charge on any atom is 0.350 e. The number of fused-ring (bicyclic) bond motifs is 6. The molecule has 0 spiro atoms. The van der Waals surface area contributed by atoms with Gasteiger partial charge in [0, 0.05) is 34.4 Å². The van der Waals surface area contributed by atoms with Crippen molar-refractivity contribution in [2.24, 2.45) is 9.98 Å². The van der Waals surface area contributed by atoms with E-state index >= 15 is 0 Å². The monoisotopic (exact) mass is 508 g/mol. The van der Waals surface area contributed by atoms with Crippen LogP contribution in [-0.4, -0.2) is 11.5 Å². The third-order valence-electron chi connectivity index (χ3n) is 5.90. The number of nitrogens with zero attached hydrogens (tertiary/aromatic N) is 6. The molecule has 0 N–H and O–H groups in total. The normalized spacial score (nSPS) is 15.6. The molecule has 0 aliphatic carbocycles. The number of thiophene rings is 2. The second-order valence-electron chi connectivity index (χ2n) is 9.07. The molecule has 0 radical (unpaired) electrons. The Hall–Kier alpha value is -4.48. The summed E-state index contributed by atoms with van der Waals surface area (Å²) in [5, 5.41) is 28.3. The average molecular weight is 509 g/mol. The summed E-state index contributed by atoms with van der Waals surface area (Å²) in [7, 11) is 0. The zero-order valence-corrected chi connectivity index (χ0v) is 21.3. The number of aliphatic imine (C=N–C) groups is 2. The first-order valence-corrected chi connectivity index (χ1v) is 12.3. The molecule has 5 rings (SSSR count). The second-order valence-corrected chi connectivity index (χ2v) is 11.1. The molecule has 174 valence electrons. The van der Waals surface area contributed by atoms with Crippen LogP contribution < -0.4 is 9.47 Å². The van der Waals surface area contributed by atoms with E-state index < -0.39 is 11.2 Å². The topological polar surface area (TPSA) is 119 Å². The van der Waals surface area contributed by atoms with E-state index in [2.05, 4.69) is 27.0 Å². The summed E-state index contributed by atoms with van der Waals surface area (Å²) in [4.78, 5) is 13.2. The fourth-order valence-corrected chi connectivity index (χ4v) is 6.34. The van der Waals surface area contributed by atoms with Crippen LogP contribution in [0.5, 0.6) is 11.5 Å². The van der Waals surface area contributed by atoms with Crippen LogP contribution in [0, 0.1) is 40.6 Å². The number of ether oxygens (including phenoxy) is 2. The van der Waals surface area contributed by atoms with Gasteiger partial charge in [-0.05, 0) is 39.8 Å². The van der Waals surface area contributed by atoms with Crippen LogP contribution in [0.1, 0.15) is 38.8 Å². The van der Waals surface area contributed by atoms with Gasteiger partial charge in [0.2, 0.25) is 10.7 Å². The van der Waals surface area contributed by atoms with Gasteiger partial charge >= 0.3 is 5.84 Å². The van der Waals surface area contributed by atoms with E-state index in [1.54, 1.807) is 30.3 Å². The molecule has 0 saturated carbocycles. The quantitative estimate of drug-likeness (QED) is 0.210. The molecule has 0 unspecified atom stereocenters. The highest BCUT2D eigenvalue weighted by molar-refractivity contribution is 7.20. The molecule has 10 heteroatoms. The number of nitriles is 3. The van der Waals surface area contributed by atoms with Crippen molar-refractivity contribution in [3.8, 4) is 50.6 Å². The van der Waals surface area contributed by atoms with E-state index in [1.165, 1.54) is 22.7 Å². The number of hydrogen-bond acceptors (Lipinski definition) is 9. The third kappa shape index (κ3) is 3.61. The lowest BCUT2D eigenvalue weighted by molar-refractivity contribution is 0.102. The highest BCUT2D eigenvalue weighted by Crippen LogP contribution is 2.57. The van der Waals surface area contributed by atoms with Crippen LogP contribution in [0.3, 0.4) is 0 Å². The molecule has 0 atom stereocenters. The van der Waals surface area contributed by atoms with Gasteiger partial charge < -0.3 is 14.3 Å². The van der Waals surface area contributed by atoms with Crippen molar-refractivity contribution in [2.45, 2.75) is 38.9 Å². The second kappa shape index (κ2) is 8.04. The lowest BCUT2D eigenvalue weighted by atomic mass is 9.81. The summed E-state index contributed by atoms with van der Waals surface area (Å²) >= 11 is 2.73. The van der Waals surface area contributed by atoms with Crippen molar-refractivity contribution in [2.75, 3.05) is 0 Å². The Bertz CT molecular complexity index is 1540. The molecule has 2 aliphatic heterocycles. The van der Waals surface area contributed by atoms with Crippen molar-refractivity contribution in [3.05, 3.63) is 46.8 Å². The van der Waals surface area contributed by atoms with Gasteiger partial charge in [-0.2, -0.15) is 10.5 Å². The molecule has 4 heterocycles. The van der Waals surface area contributed by atoms with Crippen molar-refractivity contribution < 1.29 is 9.47 Å². The van der Waals surface area contributed by atoms with Gasteiger partial charge in [0.05, 0.1) is 9.75 Å². The van der Waals surface area contributed by atoms with Gasteiger partial charge in [-0.3, -0.25) is 0 Å². The van der Waals surface area contributed by atoms with Crippen LogP contribution in [0.4, 0.5) is 10.0 Å². The average Bonchev–Trinajstić information content (AvgIpc) is 3.42. The van der Waals surface area contributed by atoms with E-state index in [-0.39, 0.29) is 11.5 Å². The van der Waals surface area contributed by atoms with Crippen LogP contribution in [0.25, 0.3) is 25.7 Å². The predicted molar refractivity (Wildman–Crippen MR) is 138 cm³/mol. The van der Waals surface area contributed by atoms with Crippen LogP contribution >= 0.6 is 22.7 Å². The molecular weight excluding hydrogens is 492 g/mol. The summed E-state index contributed by atoms with van der Waals surface area (Å²) in [5.41, 5.74) is 2.39. The SMILES string of the molecule is [C-]#[N+]C(C#N)=Nc1cc2c(s1)-c1cc3c(cc1C(C)(C)O2)-c1sc(N=C(C#N)C#N)cc1OC3(C)C. The highest BCUT2D eigenvalue weighted by atomic mass is 32.1. The molecule has 0 fully saturated rings. The standard InChI is InChI=1S/C26H16N6O2S2/c1-25(2)16-7-15-17(6-14(16)23-18(33-25)8-21(35-23)31-13(10-27)11-28)26(3,4)34-19-9-22(36-24(15)19)32-20(12-29)30-5/h6-9H,1-4H3. The predicted octanol–water partition coefficient (Wildman–Crippen LogP) is 6.99. The molecule has 2 aromatic heterocycles. The van der Waals surface area contributed by atoms with E-state index in [0.29, 0.717) is 21.5 Å². The smallest absolute Gasteiger partial charge is 0.350 e. The van der Waals surface area contributed by atoms with Crippen LogP contribution in [-0.2, 0) is 11.2 Å². The first-order chi connectivity index (χ1) is 17.1. The number of rotatable bonds is 2. The van der Waals surface area contributed by atoms with Gasteiger partial charge in [0.1, 0.15) is 45.9 Å². The molecule has 3 aromatic rings. The molecule has 0 saturated heterocycles. The van der Waals surface area contributed by atoms with Crippen molar-refractivity contribution in [3.63, 3.8) is 0 Å². The van der Waals surface area contributed by atoms with E-state index in [0.717, 1.165) is 32.0 Å². The van der Waals surface area contributed by atoms with Crippen molar-refractivity contribution in [1.82, 2.24) is 0 Å². The fraction of sp³-hybridized carbons (Fsp3) is 0.231. The summed E-state index contributed by atoms with van der Waals surface area (Å²) in [5.74, 6) is 1.08. The number of amidine groups is 1. The van der Waals surface area contributed by atoms with E-state index in [4.69, 9.17) is 31.8 Å². The minimum atomic E-state index is -0.661. The fourth-order valence-electron chi connectivity index (χ4n) is 4.36. The maximum atomic E-state index is 9.11. The summed E-state index contributed by atoms with van der Waals surface area (Å²) in [6.45, 7) is 15.1. The molecule has 8 nitrogen and oxygen atoms in total. The third-order valence-corrected chi connectivity index (χ3v) is 7.99. The Labute approximate surface area is 215 Å². The Morgan fingerprint density at radius 1 is 0.806 bits per heavy atom. The Morgan fingerprint density at radius 3 is 1.69 bits per heavy atom. The zero-order valence-electron chi connectivity index (χ0n) is 19.6. The molecule has 2 aliphatic rings. The van der Waals surface area contributed by atoms with E-state index in [9.17, 15) is 0 Å². The Morgan fingerprint density at radius 2 is 1.28 bits per heavy atom. The number of benzene rings is 1. The first-order valence-electron chi connectivity index (χ1n) is 10.7. The highest BCUT2D eigenvalue weighted by Gasteiger charge is 2.40. The molecule has 0 bridgehead atoms. The van der Waals surface area contributed by atoms with Gasteiger partial charge in [-0.1, -0.05) is 22.9 Å². The number of hydrogen-bond donors (Lipinski definition) is 0. The van der Waals surface area contributed by atoms with Crippen LogP contribution in [0.15, 0.2) is 34.3 Å². The molecule has 36 heavy (non-hydrogen) atoms. The Balaban J connectivity index is 1.72. The minimum Gasteiger partial charge on any atom is -0.482 e. The lowest BCUT2D eigenvalue weighted by Crippen LogP contribution is -2.32. The largest absolute Gasteiger partial charge is 0.482 e. The molecular formula is C26H16N6O2S2. The van der Waals surface area contributed by atoms with Gasteiger partial charge in [-0.25, -0.2) is 10.3 Å². The van der Waals surface area contributed by atoms with Crippen molar-refractivity contribution >= 4 is 44.2 Å². The van der Waals surface area contributed by atoms with Gasteiger partial charge in [0.25, 0.3) is 0 Å². The lowest BCUT2D eigenvalue weighted by Gasteiger charge is -2.38. The van der Waals surface area contributed by atoms with Gasteiger partial charge in [0.15, 0.2) is 0 Å². The van der Waals surface area contributed by atoms with Crippen LogP contribution in [0.2, 0.25) is 0 Å². The van der Waals surface area contributed by atoms with E-state index in [1.807, 2.05) is 27.7 Å². The summed E-state index contributed by atoms with van der Waals surface area (Å²) in [6.07, 6.45) is 0. The summed E-state index contributed by atoms with van der Waals surface area (Å²) in [6, 6.07) is 13.1. The minimum absolute atomic E-state index is 0.213. The Kier molecular flexibility index (Phi) is 5.20. The summed E-state index contributed by atoms with van der Waals surface area (Å²) < 4.78 is 12.7. The first kappa shape index (κ1) is 23.3. The maximum absolute atomic E-state index is 9.11. The van der Waals surface area contributed by atoms with Gasteiger partial charge in [-0.15, -0.1) is 11.3 Å². The zero-order chi connectivity index (χ0) is 25.8. The molecule has 1 aromatic carbocycles. The van der Waals surface area contributed by atoms with Crippen molar-refractivity contribution in [1.29, 1.82) is 15.8 Å². The molecule has 0 amide bonds.